The third-order valence-corrected chi connectivity index (χ3v) is 4.31. The predicted octanol–water partition coefficient (Wildman–Crippen LogP) is 4.31. The van der Waals surface area contributed by atoms with Gasteiger partial charge in [0.1, 0.15) is 0 Å². The van der Waals surface area contributed by atoms with Crippen LogP contribution in [-0.2, 0) is 9.53 Å². The van der Waals surface area contributed by atoms with E-state index >= 15 is 0 Å². The summed E-state index contributed by atoms with van der Waals surface area (Å²) in [5, 5.41) is 0. The molecule has 0 radical (unpaired) electrons. The molecular weight excluding hydrogens is 328 g/mol. The molecule has 0 aliphatic rings. The Morgan fingerprint density at radius 3 is 1.77 bits per heavy atom. The Labute approximate surface area is 154 Å². The molecule has 2 rings (SSSR count). The van der Waals surface area contributed by atoms with E-state index in [1.165, 1.54) is 0 Å². The minimum absolute atomic E-state index is 0.0354. The van der Waals surface area contributed by atoms with Crippen molar-refractivity contribution in [3.63, 3.8) is 0 Å². The highest BCUT2D eigenvalue weighted by Crippen LogP contribution is 2.15. The molecule has 0 N–H and O–H groups in total. The van der Waals surface area contributed by atoms with E-state index in [0.717, 1.165) is 22.3 Å². The summed E-state index contributed by atoms with van der Waals surface area (Å²) in [5.74, 6) is -0.869. The van der Waals surface area contributed by atoms with Crippen molar-refractivity contribution >= 4 is 17.5 Å². The van der Waals surface area contributed by atoms with Gasteiger partial charge in [-0.3, -0.25) is 14.4 Å². The molecule has 0 unspecified atom stereocenters. The fourth-order valence-electron chi connectivity index (χ4n) is 2.72. The smallest absolute Gasteiger partial charge is 0.306 e. The number of Topliss-reactive ketones (excluding diaryl/α,β-unsaturated/α-hetero) is 2. The molecule has 4 heteroatoms. The number of hydrogen-bond donors (Lipinski definition) is 0. The van der Waals surface area contributed by atoms with Gasteiger partial charge in [0.2, 0.25) is 5.78 Å². The first-order chi connectivity index (χ1) is 12.3. The summed E-state index contributed by atoms with van der Waals surface area (Å²) < 4.78 is 5.05. The molecular formula is C22H24O4. The Bertz CT molecular complexity index is 780. The summed E-state index contributed by atoms with van der Waals surface area (Å²) in [6.45, 7) is 7.23. The zero-order chi connectivity index (χ0) is 19.3. The molecule has 0 atom stereocenters. The lowest BCUT2D eigenvalue weighted by Gasteiger charge is -2.08. The quantitative estimate of drug-likeness (QED) is 0.550. The van der Waals surface area contributed by atoms with Gasteiger partial charge in [-0.25, -0.2) is 0 Å². The maximum atomic E-state index is 12.3. The minimum atomic E-state index is -0.540. The van der Waals surface area contributed by atoms with Crippen LogP contribution in [0.2, 0.25) is 0 Å². The van der Waals surface area contributed by atoms with Gasteiger partial charge in [-0.05, 0) is 51.0 Å². The van der Waals surface area contributed by atoms with E-state index in [4.69, 9.17) is 4.74 Å². The van der Waals surface area contributed by atoms with Crippen molar-refractivity contribution in [1.29, 1.82) is 0 Å². The molecule has 0 bridgehead atoms. The van der Waals surface area contributed by atoms with E-state index in [1.807, 2.05) is 58.0 Å². The van der Waals surface area contributed by atoms with Crippen molar-refractivity contribution in [2.24, 2.45) is 0 Å². The predicted molar refractivity (Wildman–Crippen MR) is 101 cm³/mol. The average molecular weight is 352 g/mol. The van der Waals surface area contributed by atoms with Crippen LogP contribution in [0, 0.1) is 27.7 Å². The second kappa shape index (κ2) is 8.56. The lowest BCUT2D eigenvalue weighted by molar-refractivity contribution is -0.142. The number of carbonyl (C=O) groups is 3. The topological polar surface area (TPSA) is 60.4 Å². The molecule has 0 aromatic heterocycles. The molecule has 26 heavy (non-hydrogen) atoms. The van der Waals surface area contributed by atoms with Crippen LogP contribution in [0.3, 0.4) is 0 Å². The van der Waals surface area contributed by atoms with Crippen LogP contribution in [0.4, 0.5) is 0 Å². The van der Waals surface area contributed by atoms with Gasteiger partial charge in [0.05, 0.1) is 6.42 Å². The van der Waals surface area contributed by atoms with Gasteiger partial charge >= 0.3 is 5.97 Å². The van der Waals surface area contributed by atoms with Crippen molar-refractivity contribution in [2.45, 2.75) is 40.5 Å². The number of esters is 1. The van der Waals surface area contributed by atoms with Crippen molar-refractivity contribution < 1.29 is 19.1 Å². The van der Waals surface area contributed by atoms with E-state index in [2.05, 4.69) is 0 Å². The van der Waals surface area contributed by atoms with Gasteiger partial charge in [0, 0.05) is 17.5 Å². The Balaban J connectivity index is 1.87. The third-order valence-electron chi connectivity index (χ3n) is 4.31. The summed E-state index contributed by atoms with van der Waals surface area (Å²) in [4.78, 5) is 36.4. The molecule has 0 fully saturated rings. The largest absolute Gasteiger partial charge is 0.457 e. The third kappa shape index (κ3) is 5.12. The van der Waals surface area contributed by atoms with Crippen molar-refractivity contribution in [2.75, 3.05) is 6.61 Å². The lowest BCUT2D eigenvalue weighted by atomic mass is 9.99. The summed E-state index contributed by atoms with van der Waals surface area (Å²) in [6, 6.07) is 11.2. The van der Waals surface area contributed by atoms with Crippen LogP contribution >= 0.6 is 0 Å². The Hall–Kier alpha value is -2.75. The zero-order valence-corrected chi connectivity index (χ0v) is 15.7. The second-order valence-electron chi connectivity index (χ2n) is 6.64. The number of rotatable bonds is 7. The molecule has 2 aromatic carbocycles. The lowest BCUT2D eigenvalue weighted by Crippen LogP contribution is -2.16. The van der Waals surface area contributed by atoms with E-state index in [1.54, 1.807) is 6.07 Å². The first kappa shape index (κ1) is 19.6. The molecule has 4 nitrogen and oxygen atoms in total. The molecule has 0 spiro atoms. The molecule has 0 aliphatic heterocycles. The summed E-state index contributed by atoms with van der Waals surface area (Å²) in [6.07, 6.45) is 0.0348. The number of carbonyl (C=O) groups excluding carboxylic acids is 3. The minimum Gasteiger partial charge on any atom is -0.457 e. The second-order valence-corrected chi connectivity index (χ2v) is 6.64. The van der Waals surface area contributed by atoms with E-state index in [-0.39, 0.29) is 31.0 Å². The zero-order valence-electron chi connectivity index (χ0n) is 15.7. The molecule has 0 amide bonds. The summed E-state index contributed by atoms with van der Waals surface area (Å²) >= 11 is 0. The van der Waals surface area contributed by atoms with Gasteiger partial charge in [0.25, 0.3) is 0 Å². The van der Waals surface area contributed by atoms with Gasteiger partial charge in [-0.2, -0.15) is 0 Å². The molecule has 2 aromatic rings. The van der Waals surface area contributed by atoms with Crippen LogP contribution in [0.25, 0.3) is 0 Å². The SMILES string of the molecule is Cc1ccc(C)c(C(=O)CCC(=O)OCC(=O)c2cc(C)ccc2C)c1. The van der Waals surface area contributed by atoms with Crippen molar-refractivity contribution in [3.05, 3.63) is 69.8 Å². The average Bonchev–Trinajstić information content (AvgIpc) is 2.61. The van der Waals surface area contributed by atoms with Crippen molar-refractivity contribution in [3.8, 4) is 0 Å². The van der Waals surface area contributed by atoms with Gasteiger partial charge in [0.15, 0.2) is 12.4 Å². The van der Waals surface area contributed by atoms with Crippen LogP contribution in [0.1, 0.15) is 55.8 Å². The van der Waals surface area contributed by atoms with Crippen LogP contribution in [0.5, 0.6) is 0 Å². The van der Waals surface area contributed by atoms with Crippen LogP contribution in [0.15, 0.2) is 36.4 Å². The number of ether oxygens (including phenoxy) is 1. The maximum absolute atomic E-state index is 12.3. The molecule has 0 saturated carbocycles. The van der Waals surface area contributed by atoms with Crippen LogP contribution < -0.4 is 0 Å². The van der Waals surface area contributed by atoms with Crippen molar-refractivity contribution in [1.82, 2.24) is 0 Å². The first-order valence-electron chi connectivity index (χ1n) is 8.64. The summed E-state index contributed by atoms with van der Waals surface area (Å²) in [7, 11) is 0. The van der Waals surface area contributed by atoms with Crippen LogP contribution in [-0.4, -0.2) is 24.1 Å². The first-order valence-corrected chi connectivity index (χ1v) is 8.64. The normalized spacial score (nSPS) is 10.5. The molecule has 0 heterocycles. The maximum Gasteiger partial charge on any atom is 0.306 e. The molecule has 136 valence electrons. The van der Waals surface area contributed by atoms with Gasteiger partial charge < -0.3 is 4.74 Å². The summed E-state index contributed by atoms with van der Waals surface area (Å²) in [5.41, 5.74) is 4.90. The number of aryl methyl sites for hydroxylation is 4. The molecule has 0 aliphatic carbocycles. The van der Waals surface area contributed by atoms with E-state index in [0.29, 0.717) is 11.1 Å². The number of ketones is 2. The highest BCUT2D eigenvalue weighted by Gasteiger charge is 2.15. The fraction of sp³-hybridized carbons (Fsp3) is 0.318. The number of hydrogen-bond acceptors (Lipinski definition) is 4. The van der Waals surface area contributed by atoms with E-state index < -0.39 is 5.97 Å². The van der Waals surface area contributed by atoms with Gasteiger partial charge in [-0.1, -0.05) is 35.4 Å². The Morgan fingerprint density at radius 1 is 0.731 bits per heavy atom. The standard InChI is InChI=1S/C22H24O4/c1-14-5-7-16(3)18(11-14)20(23)9-10-22(25)26-13-21(24)19-12-15(2)6-8-17(19)4/h5-8,11-12H,9-10,13H2,1-4H3. The van der Waals surface area contributed by atoms with E-state index in [9.17, 15) is 14.4 Å². The fourth-order valence-corrected chi connectivity index (χ4v) is 2.72. The van der Waals surface area contributed by atoms with Gasteiger partial charge in [-0.15, -0.1) is 0 Å². The highest BCUT2D eigenvalue weighted by molar-refractivity contribution is 6.00. The highest BCUT2D eigenvalue weighted by atomic mass is 16.5. The Morgan fingerprint density at radius 2 is 1.23 bits per heavy atom. The number of benzene rings is 2. The monoisotopic (exact) mass is 352 g/mol. The molecule has 0 saturated heterocycles. The Kier molecular flexibility index (Phi) is 6.45.